The number of carbonyl (C=O) groups is 3. The van der Waals surface area contributed by atoms with Crippen LogP contribution in [0, 0.1) is 12.3 Å². The molecule has 2 aromatic rings. The van der Waals surface area contributed by atoms with Crippen LogP contribution in [0.3, 0.4) is 0 Å². The molecular weight excluding hydrogens is 448 g/mol. The molecule has 178 valence electrons. The van der Waals surface area contributed by atoms with Crippen LogP contribution in [0.5, 0.6) is 0 Å². The lowest BCUT2D eigenvalue weighted by molar-refractivity contribution is -0.158. The minimum Gasteiger partial charge on any atom is -0.463 e. The third-order valence-corrected chi connectivity index (χ3v) is 4.91. The van der Waals surface area contributed by atoms with Crippen LogP contribution >= 0.6 is 0 Å². The molecule has 2 heterocycles. The molecule has 1 aliphatic rings. The normalized spacial score (nSPS) is 21.4. The van der Waals surface area contributed by atoms with E-state index in [9.17, 15) is 24.0 Å². The molecule has 0 saturated carbocycles. The van der Waals surface area contributed by atoms with E-state index in [1.807, 2.05) is 0 Å². The molecule has 0 N–H and O–H groups in total. The van der Waals surface area contributed by atoms with Gasteiger partial charge in [-0.15, -0.1) is 6.42 Å². The van der Waals surface area contributed by atoms with E-state index in [-0.39, 0.29) is 18.8 Å². The van der Waals surface area contributed by atoms with E-state index in [0.717, 1.165) is 16.8 Å². The summed E-state index contributed by atoms with van der Waals surface area (Å²) < 4.78 is 23.2. The van der Waals surface area contributed by atoms with Crippen LogP contribution in [0.15, 0.2) is 52.2 Å². The van der Waals surface area contributed by atoms with Crippen molar-refractivity contribution >= 4 is 17.8 Å². The molecule has 1 saturated heterocycles. The van der Waals surface area contributed by atoms with Crippen LogP contribution < -0.4 is 11.2 Å². The van der Waals surface area contributed by atoms with Gasteiger partial charge in [0.1, 0.15) is 25.4 Å². The largest absolute Gasteiger partial charge is 0.463 e. The molecule has 4 atom stereocenters. The summed E-state index contributed by atoms with van der Waals surface area (Å²) in [5, 5.41) is 0. The Balaban J connectivity index is 2.06. The second-order valence-corrected chi connectivity index (χ2v) is 7.27. The lowest BCUT2D eigenvalue weighted by Crippen LogP contribution is -2.46. The fraction of sp³-hybridized carbons (Fsp3) is 0.348. The predicted octanol–water partition coefficient (Wildman–Crippen LogP) is 0.109. The van der Waals surface area contributed by atoms with Crippen LogP contribution in [0.4, 0.5) is 0 Å². The van der Waals surface area contributed by atoms with Crippen LogP contribution in [-0.2, 0) is 28.5 Å². The Kier molecular flexibility index (Phi) is 7.78. The van der Waals surface area contributed by atoms with Crippen LogP contribution in [0.1, 0.15) is 30.4 Å². The van der Waals surface area contributed by atoms with Crippen LogP contribution in [0.25, 0.3) is 0 Å². The quantitative estimate of drug-likeness (QED) is 0.408. The summed E-state index contributed by atoms with van der Waals surface area (Å²) in [5.41, 5.74) is -1.73. The van der Waals surface area contributed by atoms with Gasteiger partial charge in [-0.3, -0.25) is 23.7 Å². The third kappa shape index (κ3) is 5.31. The maximum atomic E-state index is 13.2. The van der Waals surface area contributed by atoms with Gasteiger partial charge in [-0.05, 0) is 12.1 Å². The van der Waals surface area contributed by atoms with Gasteiger partial charge in [-0.25, -0.2) is 4.79 Å². The van der Waals surface area contributed by atoms with Crippen molar-refractivity contribution in [2.45, 2.75) is 38.4 Å². The number of ether oxygens (including phenoxy) is 4. The van der Waals surface area contributed by atoms with Gasteiger partial charge in [0, 0.05) is 31.7 Å². The number of terminal acetylenes is 1. The first-order chi connectivity index (χ1) is 16.2. The van der Waals surface area contributed by atoms with E-state index in [4.69, 9.17) is 25.4 Å². The Morgan fingerprint density at radius 3 is 2.38 bits per heavy atom. The second-order valence-electron chi connectivity index (χ2n) is 7.27. The monoisotopic (exact) mass is 470 g/mol. The van der Waals surface area contributed by atoms with Crippen molar-refractivity contribution in [3.63, 3.8) is 0 Å². The van der Waals surface area contributed by atoms with E-state index in [1.165, 1.54) is 26.0 Å². The van der Waals surface area contributed by atoms with Crippen molar-refractivity contribution in [3.05, 3.63) is 69.0 Å². The number of benzene rings is 1. The van der Waals surface area contributed by atoms with Crippen molar-refractivity contribution in [3.8, 4) is 12.3 Å². The van der Waals surface area contributed by atoms with Gasteiger partial charge in [-0.2, -0.15) is 4.57 Å². The summed E-state index contributed by atoms with van der Waals surface area (Å²) in [4.78, 5) is 61.6. The van der Waals surface area contributed by atoms with E-state index in [0.29, 0.717) is 4.57 Å². The Hall–Kier alpha value is -4.01. The topological polar surface area (TPSA) is 132 Å². The zero-order valence-electron chi connectivity index (χ0n) is 18.4. The van der Waals surface area contributed by atoms with E-state index in [1.54, 1.807) is 18.2 Å². The summed E-state index contributed by atoms with van der Waals surface area (Å²) in [6.45, 7) is 1.82. The number of esters is 2. The first-order valence-electron chi connectivity index (χ1n) is 10.2. The van der Waals surface area contributed by atoms with Gasteiger partial charge in [0.05, 0.1) is 0 Å². The SMILES string of the molecule is C#CCO[C@@H]1[C@H](OC(C)=O)[C@@H](COC(C)=O)O[C@H]1n1ccc(=O)n(C(=O)c2ccccc2)c1=O. The van der Waals surface area contributed by atoms with E-state index >= 15 is 0 Å². The molecule has 1 aliphatic heterocycles. The summed E-state index contributed by atoms with van der Waals surface area (Å²) >= 11 is 0. The van der Waals surface area contributed by atoms with Gasteiger partial charge in [0.2, 0.25) is 0 Å². The molecule has 34 heavy (non-hydrogen) atoms. The summed E-state index contributed by atoms with van der Waals surface area (Å²) in [6, 6.07) is 8.80. The molecule has 0 bridgehead atoms. The first-order valence-corrected chi connectivity index (χ1v) is 10.2. The maximum absolute atomic E-state index is 13.2. The zero-order chi connectivity index (χ0) is 24.8. The van der Waals surface area contributed by atoms with Gasteiger partial charge >= 0.3 is 17.6 Å². The molecule has 0 unspecified atom stereocenters. The van der Waals surface area contributed by atoms with Gasteiger partial charge in [0.25, 0.3) is 11.5 Å². The zero-order valence-corrected chi connectivity index (χ0v) is 18.4. The summed E-state index contributed by atoms with van der Waals surface area (Å²) in [5.74, 6) is 0.168. The average Bonchev–Trinajstić information content (AvgIpc) is 3.13. The Labute approximate surface area is 193 Å². The van der Waals surface area contributed by atoms with Crippen LogP contribution in [-0.4, -0.2) is 58.5 Å². The molecule has 0 amide bonds. The number of carbonyl (C=O) groups excluding carboxylic acids is 3. The molecule has 1 aromatic carbocycles. The van der Waals surface area contributed by atoms with E-state index in [2.05, 4.69) is 5.92 Å². The minimum atomic E-state index is -1.26. The molecule has 11 nitrogen and oxygen atoms in total. The lowest BCUT2D eigenvalue weighted by Gasteiger charge is -2.24. The highest BCUT2D eigenvalue weighted by molar-refractivity contribution is 5.95. The minimum absolute atomic E-state index is 0.123. The Bertz CT molecular complexity index is 1230. The fourth-order valence-corrected chi connectivity index (χ4v) is 3.50. The Morgan fingerprint density at radius 2 is 1.76 bits per heavy atom. The highest BCUT2D eigenvalue weighted by atomic mass is 16.6. The fourth-order valence-electron chi connectivity index (χ4n) is 3.50. The maximum Gasteiger partial charge on any atom is 0.340 e. The van der Waals surface area contributed by atoms with Gasteiger partial charge in [0.15, 0.2) is 12.3 Å². The van der Waals surface area contributed by atoms with Crippen LogP contribution in [0.2, 0.25) is 0 Å². The smallest absolute Gasteiger partial charge is 0.340 e. The lowest BCUT2D eigenvalue weighted by atomic mass is 10.1. The van der Waals surface area contributed by atoms with Gasteiger partial charge in [-0.1, -0.05) is 24.1 Å². The van der Waals surface area contributed by atoms with Gasteiger partial charge < -0.3 is 18.9 Å². The van der Waals surface area contributed by atoms with Crippen molar-refractivity contribution in [1.29, 1.82) is 0 Å². The molecule has 1 fully saturated rings. The molecule has 0 spiro atoms. The van der Waals surface area contributed by atoms with Crippen molar-refractivity contribution < 1.29 is 33.3 Å². The molecule has 0 radical (unpaired) electrons. The van der Waals surface area contributed by atoms with E-state index < -0.39 is 53.6 Å². The molecule has 1 aromatic heterocycles. The summed E-state index contributed by atoms with van der Waals surface area (Å²) in [6.07, 6.45) is 1.93. The second kappa shape index (κ2) is 10.7. The molecular formula is C23H22N2O9. The highest BCUT2D eigenvalue weighted by Gasteiger charge is 2.49. The first kappa shape index (κ1) is 24.6. The average molecular weight is 470 g/mol. The number of aromatic nitrogens is 2. The number of hydrogen-bond acceptors (Lipinski definition) is 9. The molecule has 0 aliphatic carbocycles. The van der Waals surface area contributed by atoms with Crippen molar-refractivity contribution in [2.24, 2.45) is 0 Å². The number of nitrogens with zero attached hydrogens (tertiary/aromatic N) is 2. The number of rotatable bonds is 7. The Morgan fingerprint density at radius 1 is 1.06 bits per heavy atom. The summed E-state index contributed by atoms with van der Waals surface area (Å²) in [7, 11) is 0. The van der Waals surface area contributed by atoms with Crippen molar-refractivity contribution in [2.75, 3.05) is 13.2 Å². The standard InChI is InChI=1S/C23H22N2O9/c1-4-12-31-20-19(33-15(3)27)17(13-32-14(2)26)34-22(20)24-11-10-18(28)25(23(24)30)21(29)16-8-6-5-7-9-16/h1,5-11,17,19-20,22H,12-13H2,2-3H3/t17-,19-,20-,22-/m1/s1. The molecule has 3 rings (SSSR count). The number of hydrogen-bond donors (Lipinski definition) is 0. The highest BCUT2D eigenvalue weighted by Crippen LogP contribution is 2.33. The van der Waals surface area contributed by atoms with Crippen molar-refractivity contribution in [1.82, 2.24) is 9.13 Å². The molecule has 11 heteroatoms. The predicted molar refractivity (Wildman–Crippen MR) is 116 cm³/mol. The third-order valence-electron chi connectivity index (χ3n) is 4.91.